The molecule has 0 aromatic carbocycles. The van der Waals surface area contributed by atoms with E-state index >= 15 is 0 Å². The average molecular weight is 247 g/mol. The molecule has 1 fully saturated rings. The molecule has 18 heavy (non-hydrogen) atoms. The van der Waals surface area contributed by atoms with Crippen LogP contribution in [0.5, 0.6) is 0 Å². The Balaban J connectivity index is 1.65. The molecule has 0 bridgehead atoms. The Bertz CT molecular complexity index is 504. The summed E-state index contributed by atoms with van der Waals surface area (Å²) in [6, 6.07) is 0. The molecule has 1 aliphatic heterocycles. The first-order chi connectivity index (χ1) is 8.93. The number of hydrogen-bond donors (Lipinski definition) is 0. The van der Waals surface area contributed by atoms with Crippen LogP contribution in [-0.2, 0) is 11.3 Å². The van der Waals surface area contributed by atoms with Crippen molar-refractivity contribution in [3.63, 3.8) is 0 Å². The third-order valence-electron chi connectivity index (χ3n) is 3.24. The first-order valence-corrected chi connectivity index (χ1v) is 6.35. The lowest BCUT2D eigenvalue weighted by Gasteiger charge is -2.18. The van der Waals surface area contributed by atoms with Crippen LogP contribution in [0.25, 0.3) is 11.0 Å². The van der Waals surface area contributed by atoms with Gasteiger partial charge in [-0.1, -0.05) is 0 Å². The molecule has 0 atom stereocenters. The Kier molecular flexibility index (Phi) is 3.47. The lowest BCUT2D eigenvalue weighted by molar-refractivity contribution is 0.140. The smallest absolute Gasteiger partial charge is 0.161 e. The first-order valence-electron chi connectivity index (χ1n) is 6.35. The molecule has 96 valence electrons. The summed E-state index contributed by atoms with van der Waals surface area (Å²) >= 11 is 0. The summed E-state index contributed by atoms with van der Waals surface area (Å²) in [5.41, 5.74) is 0.913. The van der Waals surface area contributed by atoms with Gasteiger partial charge in [0.1, 0.15) is 6.33 Å². The fourth-order valence-electron chi connectivity index (χ4n) is 2.25. The molecule has 0 aliphatic carbocycles. The van der Waals surface area contributed by atoms with E-state index in [-0.39, 0.29) is 0 Å². The van der Waals surface area contributed by atoms with Crippen LogP contribution in [0, 0.1) is 0 Å². The molecule has 6 heteroatoms. The predicted octanol–water partition coefficient (Wildman–Crippen LogP) is 0.549. The maximum atomic E-state index is 5.45. The number of rotatable bonds is 3. The number of aromatic nitrogens is 4. The molecule has 0 unspecified atom stereocenters. The molecular weight excluding hydrogens is 230 g/mol. The third kappa shape index (κ3) is 2.49. The summed E-state index contributed by atoms with van der Waals surface area (Å²) in [7, 11) is 0. The zero-order valence-electron chi connectivity index (χ0n) is 10.3. The Morgan fingerprint density at radius 2 is 2.17 bits per heavy atom. The fraction of sp³-hybridized carbons (Fsp3) is 0.583. The molecule has 0 saturated carbocycles. The summed E-state index contributed by atoms with van der Waals surface area (Å²) in [6.45, 7) is 5.68. The maximum absolute atomic E-state index is 5.45. The second-order valence-electron chi connectivity index (χ2n) is 4.48. The SMILES string of the molecule is c1ncc2cnn(CCN3CCCOCC3)c2n1. The van der Waals surface area contributed by atoms with Gasteiger partial charge in [0, 0.05) is 32.4 Å². The van der Waals surface area contributed by atoms with Crippen LogP contribution in [0.3, 0.4) is 0 Å². The molecular formula is C12H17N5O. The molecule has 2 aromatic heterocycles. The van der Waals surface area contributed by atoms with E-state index in [1.165, 1.54) is 0 Å². The highest BCUT2D eigenvalue weighted by Gasteiger charge is 2.10. The summed E-state index contributed by atoms with van der Waals surface area (Å²) in [6.07, 6.45) is 6.30. The summed E-state index contributed by atoms with van der Waals surface area (Å²) in [5.74, 6) is 0. The van der Waals surface area contributed by atoms with Gasteiger partial charge in [-0.3, -0.25) is 4.90 Å². The quantitative estimate of drug-likeness (QED) is 0.792. The normalized spacial score (nSPS) is 18.0. The molecule has 0 radical (unpaired) electrons. The van der Waals surface area contributed by atoms with Gasteiger partial charge in [-0.25, -0.2) is 14.6 Å². The van der Waals surface area contributed by atoms with Gasteiger partial charge >= 0.3 is 0 Å². The van der Waals surface area contributed by atoms with Crippen LogP contribution >= 0.6 is 0 Å². The molecule has 1 aliphatic rings. The van der Waals surface area contributed by atoms with Gasteiger partial charge in [-0.15, -0.1) is 0 Å². The van der Waals surface area contributed by atoms with Crippen molar-refractivity contribution in [2.24, 2.45) is 0 Å². The standard InChI is InChI=1S/C12H17N5O/c1-2-16(5-7-18-6-1)3-4-17-12-11(9-15-17)8-13-10-14-12/h8-10H,1-7H2. The minimum Gasteiger partial charge on any atom is -0.380 e. The highest BCUT2D eigenvalue weighted by Crippen LogP contribution is 2.08. The van der Waals surface area contributed by atoms with Crippen molar-refractivity contribution in [2.75, 3.05) is 32.8 Å². The lowest BCUT2D eigenvalue weighted by Crippen LogP contribution is -2.30. The van der Waals surface area contributed by atoms with Crippen molar-refractivity contribution >= 4 is 11.0 Å². The van der Waals surface area contributed by atoms with E-state index in [2.05, 4.69) is 20.0 Å². The van der Waals surface area contributed by atoms with E-state index in [4.69, 9.17) is 4.74 Å². The van der Waals surface area contributed by atoms with Crippen molar-refractivity contribution in [1.29, 1.82) is 0 Å². The average Bonchev–Trinajstić information content (AvgIpc) is 2.64. The number of ether oxygens (including phenoxy) is 1. The van der Waals surface area contributed by atoms with Gasteiger partial charge in [0.05, 0.1) is 24.7 Å². The second kappa shape index (κ2) is 5.41. The molecule has 3 heterocycles. The number of hydrogen-bond acceptors (Lipinski definition) is 5. The van der Waals surface area contributed by atoms with Crippen molar-refractivity contribution in [1.82, 2.24) is 24.6 Å². The van der Waals surface area contributed by atoms with Gasteiger partial charge in [0.15, 0.2) is 5.65 Å². The Morgan fingerprint density at radius 3 is 3.17 bits per heavy atom. The largest absolute Gasteiger partial charge is 0.380 e. The van der Waals surface area contributed by atoms with Crippen LogP contribution in [0.1, 0.15) is 6.42 Å². The van der Waals surface area contributed by atoms with E-state index in [1.807, 2.05) is 10.9 Å². The molecule has 0 amide bonds. The number of fused-ring (bicyclic) bond motifs is 1. The number of nitrogens with zero attached hydrogens (tertiary/aromatic N) is 5. The van der Waals surface area contributed by atoms with Gasteiger partial charge in [-0.2, -0.15) is 5.10 Å². The van der Waals surface area contributed by atoms with Crippen LogP contribution in [0.15, 0.2) is 18.7 Å². The molecule has 1 saturated heterocycles. The van der Waals surface area contributed by atoms with E-state index in [9.17, 15) is 0 Å². The van der Waals surface area contributed by atoms with E-state index < -0.39 is 0 Å². The maximum Gasteiger partial charge on any atom is 0.161 e. The van der Waals surface area contributed by atoms with Gasteiger partial charge in [0.2, 0.25) is 0 Å². The Labute approximate surface area is 106 Å². The van der Waals surface area contributed by atoms with Crippen molar-refractivity contribution in [3.8, 4) is 0 Å². The highest BCUT2D eigenvalue weighted by molar-refractivity contribution is 5.72. The second-order valence-corrected chi connectivity index (χ2v) is 4.48. The highest BCUT2D eigenvalue weighted by atomic mass is 16.5. The zero-order chi connectivity index (χ0) is 12.2. The van der Waals surface area contributed by atoms with Crippen LogP contribution in [0.2, 0.25) is 0 Å². The Morgan fingerprint density at radius 1 is 1.17 bits per heavy atom. The van der Waals surface area contributed by atoms with E-state index in [0.717, 1.165) is 56.8 Å². The lowest BCUT2D eigenvalue weighted by atomic mass is 10.4. The topological polar surface area (TPSA) is 56.1 Å². The minimum atomic E-state index is 0.835. The van der Waals surface area contributed by atoms with E-state index in [1.54, 1.807) is 12.5 Å². The van der Waals surface area contributed by atoms with Crippen LogP contribution in [-0.4, -0.2) is 57.5 Å². The summed E-state index contributed by atoms with van der Waals surface area (Å²) in [5, 5.41) is 5.36. The van der Waals surface area contributed by atoms with Crippen molar-refractivity contribution in [3.05, 3.63) is 18.7 Å². The van der Waals surface area contributed by atoms with Gasteiger partial charge in [0.25, 0.3) is 0 Å². The molecule has 3 rings (SSSR count). The summed E-state index contributed by atoms with van der Waals surface area (Å²) in [4.78, 5) is 10.7. The first kappa shape index (κ1) is 11.6. The Hall–Kier alpha value is -1.53. The molecule has 0 spiro atoms. The van der Waals surface area contributed by atoms with E-state index in [0.29, 0.717) is 0 Å². The predicted molar refractivity (Wildman–Crippen MR) is 67.2 cm³/mol. The van der Waals surface area contributed by atoms with Gasteiger partial charge < -0.3 is 4.74 Å². The molecule has 0 N–H and O–H groups in total. The van der Waals surface area contributed by atoms with Crippen LogP contribution < -0.4 is 0 Å². The van der Waals surface area contributed by atoms with Crippen LogP contribution in [0.4, 0.5) is 0 Å². The molecule has 6 nitrogen and oxygen atoms in total. The zero-order valence-corrected chi connectivity index (χ0v) is 10.3. The summed E-state index contributed by atoms with van der Waals surface area (Å²) < 4.78 is 7.39. The third-order valence-corrected chi connectivity index (χ3v) is 3.24. The fourth-order valence-corrected chi connectivity index (χ4v) is 2.25. The van der Waals surface area contributed by atoms with Crippen molar-refractivity contribution in [2.45, 2.75) is 13.0 Å². The molecule has 2 aromatic rings. The monoisotopic (exact) mass is 247 g/mol. The van der Waals surface area contributed by atoms with Crippen molar-refractivity contribution < 1.29 is 4.74 Å². The minimum absolute atomic E-state index is 0.835. The van der Waals surface area contributed by atoms with Gasteiger partial charge in [-0.05, 0) is 6.42 Å².